The molecule has 1 atom stereocenters. The standard InChI is InChI=1S/C13H20N2OS/c1-13(9-14,10-4-5-10)15-12(16)7-6-11-3-2-8-17-11/h2-3,8,10H,4-7,9,14H2,1H3,(H,15,16). The maximum absolute atomic E-state index is 11.9. The van der Waals surface area contributed by atoms with Crippen molar-refractivity contribution in [2.75, 3.05) is 6.54 Å². The summed E-state index contributed by atoms with van der Waals surface area (Å²) in [4.78, 5) is 13.1. The number of thiophene rings is 1. The van der Waals surface area contributed by atoms with E-state index < -0.39 is 0 Å². The van der Waals surface area contributed by atoms with Gasteiger partial charge in [-0.1, -0.05) is 6.07 Å². The van der Waals surface area contributed by atoms with Crippen LogP contribution in [0, 0.1) is 5.92 Å². The van der Waals surface area contributed by atoms with Gasteiger partial charge in [0.1, 0.15) is 0 Å². The van der Waals surface area contributed by atoms with Crippen molar-refractivity contribution in [2.24, 2.45) is 11.7 Å². The zero-order valence-corrected chi connectivity index (χ0v) is 11.1. The second-order valence-electron chi connectivity index (χ2n) is 5.02. The second-order valence-corrected chi connectivity index (χ2v) is 6.06. The van der Waals surface area contributed by atoms with E-state index >= 15 is 0 Å². The van der Waals surface area contributed by atoms with Gasteiger partial charge in [0.05, 0.1) is 5.54 Å². The fraction of sp³-hybridized carbons (Fsp3) is 0.615. The van der Waals surface area contributed by atoms with E-state index in [9.17, 15) is 4.79 Å². The van der Waals surface area contributed by atoms with Gasteiger partial charge in [-0.05, 0) is 43.6 Å². The molecule has 1 fully saturated rings. The Balaban J connectivity index is 1.80. The maximum Gasteiger partial charge on any atom is 0.220 e. The first-order valence-corrected chi connectivity index (χ1v) is 7.05. The molecule has 4 heteroatoms. The molecule has 1 heterocycles. The van der Waals surface area contributed by atoms with E-state index in [-0.39, 0.29) is 11.4 Å². The molecule has 94 valence electrons. The summed E-state index contributed by atoms with van der Waals surface area (Å²) < 4.78 is 0. The Morgan fingerprint density at radius 2 is 2.41 bits per heavy atom. The van der Waals surface area contributed by atoms with E-state index in [0.29, 0.717) is 18.9 Å². The summed E-state index contributed by atoms with van der Waals surface area (Å²) in [5.41, 5.74) is 5.59. The Kier molecular flexibility index (Phi) is 3.84. The smallest absolute Gasteiger partial charge is 0.220 e. The Labute approximate surface area is 106 Å². The molecule has 0 saturated heterocycles. The van der Waals surface area contributed by atoms with Crippen LogP contribution in [0.15, 0.2) is 17.5 Å². The van der Waals surface area contributed by atoms with Crippen LogP contribution < -0.4 is 11.1 Å². The van der Waals surface area contributed by atoms with Crippen LogP contribution in [0.25, 0.3) is 0 Å². The summed E-state index contributed by atoms with van der Waals surface area (Å²) in [6.07, 6.45) is 3.77. The lowest BCUT2D eigenvalue weighted by atomic mass is 9.95. The third-order valence-electron chi connectivity index (χ3n) is 3.51. The molecule has 2 rings (SSSR count). The summed E-state index contributed by atoms with van der Waals surface area (Å²) in [6, 6.07) is 4.09. The van der Waals surface area contributed by atoms with Crippen LogP contribution in [0.2, 0.25) is 0 Å². The molecule has 0 bridgehead atoms. The largest absolute Gasteiger partial charge is 0.349 e. The Morgan fingerprint density at radius 1 is 1.65 bits per heavy atom. The van der Waals surface area contributed by atoms with Crippen molar-refractivity contribution in [2.45, 2.75) is 38.1 Å². The van der Waals surface area contributed by atoms with Gasteiger partial charge in [-0.2, -0.15) is 0 Å². The Bertz CT molecular complexity index is 373. The molecule has 0 radical (unpaired) electrons. The first-order chi connectivity index (χ1) is 8.14. The zero-order chi connectivity index (χ0) is 12.3. The van der Waals surface area contributed by atoms with Crippen LogP contribution in [0.3, 0.4) is 0 Å². The number of nitrogens with one attached hydrogen (secondary N) is 1. The minimum Gasteiger partial charge on any atom is -0.349 e. The van der Waals surface area contributed by atoms with E-state index in [4.69, 9.17) is 5.73 Å². The highest BCUT2D eigenvalue weighted by atomic mass is 32.1. The van der Waals surface area contributed by atoms with Crippen molar-refractivity contribution in [3.63, 3.8) is 0 Å². The molecule has 1 amide bonds. The molecule has 1 aromatic heterocycles. The SMILES string of the molecule is CC(CN)(NC(=O)CCc1cccs1)C1CC1. The second kappa shape index (κ2) is 5.19. The van der Waals surface area contributed by atoms with Crippen LogP contribution in [0.1, 0.15) is 31.1 Å². The lowest BCUT2D eigenvalue weighted by Crippen LogP contribution is -2.53. The number of hydrogen-bond donors (Lipinski definition) is 2. The first kappa shape index (κ1) is 12.6. The summed E-state index contributed by atoms with van der Waals surface area (Å²) >= 11 is 1.70. The summed E-state index contributed by atoms with van der Waals surface area (Å²) in [5.74, 6) is 0.705. The topological polar surface area (TPSA) is 55.1 Å². The molecule has 1 aliphatic carbocycles. The monoisotopic (exact) mass is 252 g/mol. The molecule has 1 unspecified atom stereocenters. The van der Waals surface area contributed by atoms with Gasteiger partial charge in [-0.15, -0.1) is 11.3 Å². The number of nitrogens with two attached hydrogens (primary N) is 1. The quantitative estimate of drug-likeness (QED) is 0.812. The molecular weight excluding hydrogens is 232 g/mol. The van der Waals surface area contributed by atoms with Crippen LogP contribution in [0.5, 0.6) is 0 Å². The molecule has 0 aliphatic heterocycles. The van der Waals surface area contributed by atoms with E-state index in [1.54, 1.807) is 11.3 Å². The van der Waals surface area contributed by atoms with Crippen LogP contribution in [0.4, 0.5) is 0 Å². The predicted octanol–water partition coefficient (Wildman–Crippen LogP) is 1.92. The normalized spacial score (nSPS) is 18.7. The third-order valence-corrected chi connectivity index (χ3v) is 4.44. The lowest BCUT2D eigenvalue weighted by molar-refractivity contribution is -0.123. The van der Waals surface area contributed by atoms with Crippen molar-refractivity contribution >= 4 is 17.2 Å². The molecule has 0 spiro atoms. The molecule has 17 heavy (non-hydrogen) atoms. The third kappa shape index (κ3) is 3.30. The van der Waals surface area contributed by atoms with Gasteiger partial charge < -0.3 is 11.1 Å². The van der Waals surface area contributed by atoms with Crippen molar-refractivity contribution in [1.82, 2.24) is 5.32 Å². The van der Waals surface area contributed by atoms with Crippen LogP contribution >= 0.6 is 11.3 Å². The fourth-order valence-corrected chi connectivity index (χ4v) is 2.82. The van der Waals surface area contributed by atoms with E-state index in [1.807, 2.05) is 11.4 Å². The van der Waals surface area contributed by atoms with Gasteiger partial charge in [0.15, 0.2) is 0 Å². The highest BCUT2D eigenvalue weighted by Gasteiger charge is 2.41. The average molecular weight is 252 g/mol. The minimum absolute atomic E-state index is 0.123. The Hall–Kier alpha value is -0.870. The van der Waals surface area contributed by atoms with Gasteiger partial charge in [-0.3, -0.25) is 4.79 Å². The van der Waals surface area contributed by atoms with E-state index in [2.05, 4.69) is 18.3 Å². The van der Waals surface area contributed by atoms with Gasteiger partial charge in [0.25, 0.3) is 0 Å². The van der Waals surface area contributed by atoms with Gasteiger partial charge in [0.2, 0.25) is 5.91 Å². The number of rotatable bonds is 6. The summed E-state index contributed by atoms with van der Waals surface area (Å²) in [6.45, 7) is 2.59. The molecule has 1 aromatic rings. The number of aryl methyl sites for hydroxylation is 1. The molecule has 1 saturated carbocycles. The van der Waals surface area contributed by atoms with E-state index in [1.165, 1.54) is 17.7 Å². The molecule has 0 aromatic carbocycles. The summed E-state index contributed by atoms with van der Waals surface area (Å²) in [5, 5.41) is 5.15. The zero-order valence-electron chi connectivity index (χ0n) is 10.2. The van der Waals surface area contributed by atoms with Crippen LogP contribution in [-0.2, 0) is 11.2 Å². The van der Waals surface area contributed by atoms with Gasteiger partial charge >= 0.3 is 0 Å². The molecule has 3 nitrogen and oxygen atoms in total. The van der Waals surface area contributed by atoms with Crippen molar-refractivity contribution < 1.29 is 4.79 Å². The van der Waals surface area contributed by atoms with Crippen molar-refractivity contribution in [3.05, 3.63) is 22.4 Å². The van der Waals surface area contributed by atoms with Crippen molar-refractivity contribution in [3.8, 4) is 0 Å². The van der Waals surface area contributed by atoms with Gasteiger partial charge in [0, 0.05) is 17.8 Å². The number of amides is 1. The van der Waals surface area contributed by atoms with Crippen molar-refractivity contribution in [1.29, 1.82) is 0 Å². The van der Waals surface area contributed by atoms with Crippen LogP contribution in [-0.4, -0.2) is 18.0 Å². The highest BCUT2D eigenvalue weighted by molar-refractivity contribution is 7.09. The number of hydrogen-bond acceptors (Lipinski definition) is 3. The molecular formula is C13H20N2OS. The highest BCUT2D eigenvalue weighted by Crippen LogP contribution is 2.38. The average Bonchev–Trinajstić information content (AvgIpc) is 3.05. The summed E-state index contributed by atoms with van der Waals surface area (Å²) in [7, 11) is 0. The lowest BCUT2D eigenvalue weighted by Gasteiger charge is -2.29. The predicted molar refractivity (Wildman–Crippen MR) is 71.0 cm³/mol. The van der Waals surface area contributed by atoms with E-state index in [0.717, 1.165) is 6.42 Å². The number of carbonyl (C=O) groups excluding carboxylic acids is 1. The number of carbonyl (C=O) groups is 1. The fourth-order valence-electron chi connectivity index (χ4n) is 2.11. The molecule has 1 aliphatic rings. The first-order valence-electron chi connectivity index (χ1n) is 6.17. The minimum atomic E-state index is -0.188. The molecule has 3 N–H and O–H groups in total. The van der Waals surface area contributed by atoms with Gasteiger partial charge in [-0.25, -0.2) is 0 Å². The maximum atomic E-state index is 11.9. The Morgan fingerprint density at radius 3 is 2.94 bits per heavy atom.